The lowest BCUT2D eigenvalue weighted by Gasteiger charge is -2.30. The number of rotatable bonds is 6. The Morgan fingerprint density at radius 3 is 2.63 bits per heavy atom. The molecule has 2 N–H and O–H groups in total. The minimum atomic E-state index is -0.474. The van der Waals surface area contributed by atoms with Gasteiger partial charge in [0, 0.05) is 10.9 Å². The number of ether oxygens (including phenoxy) is 1. The molecule has 30 heavy (non-hydrogen) atoms. The zero-order valence-corrected chi connectivity index (χ0v) is 18.0. The lowest BCUT2D eigenvalue weighted by atomic mass is 9.99. The molecule has 0 unspecified atom stereocenters. The number of aryl methyl sites for hydroxylation is 1. The quantitative estimate of drug-likeness (QED) is 0.554. The van der Waals surface area contributed by atoms with Gasteiger partial charge < -0.3 is 10.1 Å². The van der Waals surface area contributed by atoms with Gasteiger partial charge in [-0.05, 0) is 54.0 Å². The van der Waals surface area contributed by atoms with Crippen LogP contribution in [-0.2, 0) is 4.79 Å². The van der Waals surface area contributed by atoms with Crippen molar-refractivity contribution in [1.82, 2.24) is 5.32 Å². The van der Waals surface area contributed by atoms with E-state index in [1.54, 1.807) is 7.11 Å². The smallest absolute Gasteiger partial charge is 0.246 e. The normalized spacial score (nSPS) is 16.4. The van der Waals surface area contributed by atoms with Gasteiger partial charge in [0.05, 0.1) is 12.8 Å². The predicted octanol–water partition coefficient (Wildman–Crippen LogP) is 5.51. The number of nitrogens with one attached hydrogen (secondary N) is 2. The van der Waals surface area contributed by atoms with Crippen molar-refractivity contribution in [3.05, 3.63) is 89.5 Å². The molecule has 0 fully saturated rings. The molecule has 154 valence electrons. The number of hydrogen-bond donors (Lipinski definition) is 2. The van der Waals surface area contributed by atoms with Gasteiger partial charge in [0.25, 0.3) is 0 Å². The first-order valence-corrected chi connectivity index (χ1v) is 11.1. The highest BCUT2D eigenvalue weighted by Gasteiger charge is 2.28. The summed E-state index contributed by atoms with van der Waals surface area (Å²) >= 11 is 1.88. The van der Waals surface area contributed by atoms with Crippen LogP contribution in [0.25, 0.3) is 0 Å². The van der Waals surface area contributed by atoms with Crippen LogP contribution in [0.1, 0.15) is 35.2 Å². The van der Waals surface area contributed by atoms with Gasteiger partial charge in [0.1, 0.15) is 11.8 Å². The van der Waals surface area contributed by atoms with Crippen LogP contribution in [0.3, 0.4) is 0 Å². The minimum Gasteiger partial charge on any atom is -0.495 e. The third kappa shape index (κ3) is 4.53. The Labute approximate surface area is 182 Å². The molecule has 4 nitrogen and oxygen atoms in total. The SMILES string of the molecule is COc1ccc(C)cc1NC(=O)[C@H](N[C@@H]1CCSc2ccccc21)c1ccccc1. The van der Waals surface area contributed by atoms with E-state index in [2.05, 4.69) is 34.9 Å². The van der Waals surface area contributed by atoms with Crippen LogP contribution < -0.4 is 15.4 Å². The van der Waals surface area contributed by atoms with E-state index in [-0.39, 0.29) is 11.9 Å². The Hall–Kier alpha value is -2.76. The maximum atomic E-state index is 13.4. The van der Waals surface area contributed by atoms with Crippen molar-refractivity contribution in [2.45, 2.75) is 30.3 Å². The fourth-order valence-corrected chi connectivity index (χ4v) is 4.93. The van der Waals surface area contributed by atoms with Crippen molar-refractivity contribution < 1.29 is 9.53 Å². The first-order chi connectivity index (χ1) is 14.7. The van der Waals surface area contributed by atoms with Crippen LogP contribution in [0.2, 0.25) is 0 Å². The Morgan fingerprint density at radius 1 is 1.07 bits per heavy atom. The third-order valence-corrected chi connectivity index (χ3v) is 6.46. The first kappa shape index (κ1) is 20.5. The molecule has 0 bridgehead atoms. The van der Waals surface area contributed by atoms with E-state index in [4.69, 9.17) is 4.74 Å². The van der Waals surface area contributed by atoms with E-state index in [0.717, 1.165) is 23.3 Å². The summed E-state index contributed by atoms with van der Waals surface area (Å²) in [7, 11) is 1.61. The van der Waals surface area contributed by atoms with Crippen molar-refractivity contribution in [2.24, 2.45) is 0 Å². The summed E-state index contributed by atoms with van der Waals surface area (Å²) in [4.78, 5) is 14.7. The average molecular weight is 419 g/mol. The number of amides is 1. The van der Waals surface area contributed by atoms with Gasteiger partial charge >= 0.3 is 0 Å². The molecule has 3 aromatic rings. The number of carbonyl (C=O) groups excluding carboxylic acids is 1. The Bertz CT molecular complexity index is 1020. The number of hydrogen-bond acceptors (Lipinski definition) is 4. The van der Waals surface area contributed by atoms with E-state index in [9.17, 15) is 4.79 Å². The molecule has 2 atom stereocenters. The van der Waals surface area contributed by atoms with Crippen molar-refractivity contribution in [3.8, 4) is 5.75 Å². The fourth-order valence-electron chi connectivity index (χ4n) is 3.81. The van der Waals surface area contributed by atoms with Crippen LogP contribution in [0, 0.1) is 6.92 Å². The van der Waals surface area contributed by atoms with Gasteiger partial charge in [0.15, 0.2) is 0 Å². The molecule has 3 aromatic carbocycles. The summed E-state index contributed by atoms with van der Waals surface area (Å²) in [6, 6.07) is 23.8. The second-order valence-corrected chi connectivity index (χ2v) is 8.57. The molecule has 4 rings (SSSR count). The molecule has 0 saturated carbocycles. The van der Waals surface area contributed by atoms with Gasteiger partial charge in [-0.3, -0.25) is 10.1 Å². The van der Waals surface area contributed by atoms with Gasteiger partial charge in [-0.1, -0.05) is 54.6 Å². The highest BCUT2D eigenvalue weighted by Crippen LogP contribution is 2.37. The van der Waals surface area contributed by atoms with E-state index >= 15 is 0 Å². The number of benzene rings is 3. The van der Waals surface area contributed by atoms with Gasteiger partial charge in [-0.25, -0.2) is 0 Å². The second-order valence-electron chi connectivity index (χ2n) is 7.43. The highest BCUT2D eigenvalue weighted by atomic mass is 32.2. The standard InChI is InChI=1S/C25H26N2O2S/c1-17-12-13-22(29-2)21(16-17)27-25(28)24(18-8-4-3-5-9-18)26-20-14-15-30-23-11-7-6-10-19(20)23/h3-13,16,20,24,26H,14-15H2,1-2H3,(H,27,28)/t20-,24-/m1/s1. The second kappa shape index (κ2) is 9.37. The Kier molecular flexibility index (Phi) is 6.41. The lowest BCUT2D eigenvalue weighted by Crippen LogP contribution is -2.36. The van der Waals surface area contributed by atoms with Gasteiger partial charge in [-0.15, -0.1) is 11.8 Å². The van der Waals surface area contributed by atoms with Crippen LogP contribution in [0.15, 0.2) is 77.7 Å². The molecule has 0 spiro atoms. The monoisotopic (exact) mass is 418 g/mol. The van der Waals surface area contributed by atoms with E-state index in [1.807, 2.05) is 67.2 Å². The molecular weight excluding hydrogens is 392 g/mol. The van der Waals surface area contributed by atoms with Crippen molar-refractivity contribution >= 4 is 23.4 Å². The van der Waals surface area contributed by atoms with E-state index in [0.29, 0.717) is 11.4 Å². The number of thioether (sulfide) groups is 1. The summed E-state index contributed by atoms with van der Waals surface area (Å²) in [5, 5.41) is 6.72. The van der Waals surface area contributed by atoms with Crippen LogP contribution >= 0.6 is 11.8 Å². The first-order valence-electron chi connectivity index (χ1n) is 10.1. The third-order valence-electron chi connectivity index (χ3n) is 5.33. The minimum absolute atomic E-state index is 0.0965. The van der Waals surface area contributed by atoms with E-state index < -0.39 is 6.04 Å². The maximum Gasteiger partial charge on any atom is 0.246 e. The number of carbonyl (C=O) groups is 1. The van der Waals surface area contributed by atoms with E-state index in [1.165, 1.54) is 10.5 Å². The fraction of sp³-hybridized carbons (Fsp3) is 0.240. The Balaban J connectivity index is 1.63. The average Bonchev–Trinajstić information content (AvgIpc) is 2.78. The van der Waals surface area contributed by atoms with Gasteiger partial charge in [0.2, 0.25) is 5.91 Å². The highest BCUT2D eigenvalue weighted by molar-refractivity contribution is 7.99. The zero-order valence-electron chi connectivity index (χ0n) is 17.2. The molecular formula is C25H26N2O2S. The molecule has 0 radical (unpaired) electrons. The number of anilines is 1. The Morgan fingerprint density at radius 2 is 1.83 bits per heavy atom. The number of fused-ring (bicyclic) bond motifs is 1. The summed E-state index contributed by atoms with van der Waals surface area (Å²) in [5.41, 5.74) is 3.95. The van der Waals surface area contributed by atoms with Crippen LogP contribution in [0.5, 0.6) is 5.75 Å². The van der Waals surface area contributed by atoms with Crippen molar-refractivity contribution in [1.29, 1.82) is 0 Å². The molecule has 0 aliphatic carbocycles. The summed E-state index contributed by atoms with van der Waals surface area (Å²) in [6.45, 7) is 2.00. The lowest BCUT2D eigenvalue weighted by molar-refractivity contribution is -0.118. The summed E-state index contributed by atoms with van der Waals surface area (Å²) in [5.74, 6) is 1.59. The van der Waals surface area contributed by atoms with Crippen LogP contribution in [0.4, 0.5) is 5.69 Å². The molecule has 1 amide bonds. The molecule has 1 aliphatic rings. The van der Waals surface area contributed by atoms with Crippen molar-refractivity contribution in [2.75, 3.05) is 18.2 Å². The molecule has 1 aliphatic heterocycles. The molecule has 0 aromatic heterocycles. The molecule has 0 saturated heterocycles. The predicted molar refractivity (Wildman–Crippen MR) is 123 cm³/mol. The van der Waals surface area contributed by atoms with Crippen molar-refractivity contribution in [3.63, 3.8) is 0 Å². The zero-order chi connectivity index (χ0) is 20.9. The molecule has 1 heterocycles. The van der Waals surface area contributed by atoms with Crippen LogP contribution in [-0.4, -0.2) is 18.8 Å². The number of methoxy groups -OCH3 is 1. The largest absolute Gasteiger partial charge is 0.495 e. The summed E-state index contributed by atoms with van der Waals surface area (Å²) in [6.07, 6.45) is 0.978. The topological polar surface area (TPSA) is 50.4 Å². The van der Waals surface area contributed by atoms with Gasteiger partial charge in [-0.2, -0.15) is 0 Å². The maximum absolute atomic E-state index is 13.4. The molecule has 5 heteroatoms. The summed E-state index contributed by atoms with van der Waals surface area (Å²) < 4.78 is 5.45.